The molecular formula is C18H20O5. The Kier molecular flexibility index (Phi) is 6.11. The van der Waals surface area contributed by atoms with Gasteiger partial charge in [0.2, 0.25) is 0 Å². The molecule has 5 heteroatoms. The fourth-order valence-electron chi connectivity index (χ4n) is 1.67. The molecule has 1 saturated heterocycles. The Hall–Kier alpha value is -2.40. The van der Waals surface area contributed by atoms with Crippen LogP contribution in [-0.2, 0) is 30.4 Å². The van der Waals surface area contributed by atoms with E-state index in [1.807, 2.05) is 30.3 Å². The number of benzene rings is 1. The normalized spacial score (nSPS) is 17.6. The predicted molar refractivity (Wildman–Crippen MR) is 84.5 cm³/mol. The second kappa shape index (κ2) is 8.29. The SMILES string of the molecule is C/C(=C\C=C(/C)C(=O)OCC1CO1)C(=O)OCc1ccccc1. The Morgan fingerprint density at radius 1 is 1.09 bits per heavy atom. The van der Waals surface area contributed by atoms with Crippen molar-refractivity contribution in [3.05, 3.63) is 59.2 Å². The zero-order valence-corrected chi connectivity index (χ0v) is 13.3. The first-order valence-corrected chi connectivity index (χ1v) is 7.41. The van der Waals surface area contributed by atoms with Crippen LogP contribution in [-0.4, -0.2) is 31.3 Å². The molecule has 1 fully saturated rings. The van der Waals surface area contributed by atoms with Crippen molar-refractivity contribution in [1.29, 1.82) is 0 Å². The maximum atomic E-state index is 11.9. The van der Waals surface area contributed by atoms with E-state index >= 15 is 0 Å². The van der Waals surface area contributed by atoms with Crippen molar-refractivity contribution in [1.82, 2.24) is 0 Å². The van der Waals surface area contributed by atoms with Gasteiger partial charge in [0.25, 0.3) is 0 Å². The lowest BCUT2D eigenvalue weighted by molar-refractivity contribution is -0.140. The lowest BCUT2D eigenvalue weighted by atomic mass is 10.2. The second-order valence-electron chi connectivity index (χ2n) is 5.31. The van der Waals surface area contributed by atoms with Gasteiger partial charge in [-0.25, -0.2) is 9.59 Å². The number of ether oxygens (including phenoxy) is 3. The van der Waals surface area contributed by atoms with E-state index in [1.54, 1.807) is 26.0 Å². The fraction of sp³-hybridized carbons (Fsp3) is 0.333. The molecule has 1 aliphatic rings. The summed E-state index contributed by atoms with van der Waals surface area (Å²) in [4.78, 5) is 23.5. The van der Waals surface area contributed by atoms with Gasteiger partial charge in [-0.3, -0.25) is 0 Å². The van der Waals surface area contributed by atoms with E-state index in [9.17, 15) is 9.59 Å². The number of carbonyl (C=O) groups excluding carboxylic acids is 2. The van der Waals surface area contributed by atoms with E-state index in [1.165, 1.54) is 0 Å². The lowest BCUT2D eigenvalue weighted by Gasteiger charge is -2.05. The van der Waals surface area contributed by atoms with Crippen molar-refractivity contribution in [3.8, 4) is 0 Å². The first-order valence-electron chi connectivity index (χ1n) is 7.41. The molecule has 0 bridgehead atoms. The molecule has 122 valence electrons. The van der Waals surface area contributed by atoms with Gasteiger partial charge in [-0.2, -0.15) is 0 Å². The third-order valence-corrected chi connectivity index (χ3v) is 3.24. The van der Waals surface area contributed by atoms with Gasteiger partial charge in [-0.15, -0.1) is 0 Å². The van der Waals surface area contributed by atoms with Gasteiger partial charge in [-0.05, 0) is 19.4 Å². The van der Waals surface area contributed by atoms with Gasteiger partial charge in [0.15, 0.2) is 0 Å². The molecule has 23 heavy (non-hydrogen) atoms. The molecule has 0 aliphatic carbocycles. The summed E-state index contributed by atoms with van der Waals surface area (Å²) in [7, 11) is 0. The third-order valence-electron chi connectivity index (χ3n) is 3.24. The van der Waals surface area contributed by atoms with E-state index in [4.69, 9.17) is 14.2 Å². The van der Waals surface area contributed by atoms with Crippen LogP contribution in [0, 0.1) is 0 Å². The molecular weight excluding hydrogens is 296 g/mol. The molecule has 0 spiro atoms. The molecule has 1 aromatic carbocycles. The van der Waals surface area contributed by atoms with Crippen LogP contribution in [0.4, 0.5) is 0 Å². The summed E-state index contributed by atoms with van der Waals surface area (Å²) in [5.41, 5.74) is 1.76. The van der Waals surface area contributed by atoms with Gasteiger partial charge in [0, 0.05) is 11.1 Å². The number of carbonyl (C=O) groups is 2. The number of hydrogen-bond donors (Lipinski definition) is 0. The third kappa shape index (κ3) is 6.08. The van der Waals surface area contributed by atoms with Crippen LogP contribution >= 0.6 is 0 Å². The predicted octanol–water partition coefficient (Wildman–Crippen LogP) is 2.56. The lowest BCUT2D eigenvalue weighted by Crippen LogP contribution is -2.10. The minimum atomic E-state index is -0.419. The highest BCUT2D eigenvalue weighted by molar-refractivity contribution is 5.90. The Labute approximate surface area is 135 Å². The Bertz CT molecular complexity index is 612. The van der Waals surface area contributed by atoms with E-state index in [0.717, 1.165) is 5.56 Å². The quantitative estimate of drug-likeness (QED) is 0.335. The van der Waals surface area contributed by atoms with Crippen LogP contribution in [0.3, 0.4) is 0 Å². The maximum absolute atomic E-state index is 11.9. The van der Waals surface area contributed by atoms with Crippen molar-refractivity contribution < 1.29 is 23.8 Å². The number of epoxide rings is 1. The molecule has 0 amide bonds. The second-order valence-corrected chi connectivity index (χ2v) is 5.31. The zero-order valence-electron chi connectivity index (χ0n) is 13.3. The van der Waals surface area contributed by atoms with Crippen LogP contribution in [0.5, 0.6) is 0 Å². The van der Waals surface area contributed by atoms with E-state index in [2.05, 4.69) is 0 Å². The van der Waals surface area contributed by atoms with Gasteiger partial charge >= 0.3 is 11.9 Å². The van der Waals surface area contributed by atoms with Crippen LogP contribution in [0.1, 0.15) is 19.4 Å². The largest absolute Gasteiger partial charge is 0.459 e. The van der Waals surface area contributed by atoms with Crippen LogP contribution in [0.25, 0.3) is 0 Å². The summed E-state index contributed by atoms with van der Waals surface area (Å²) in [5, 5.41) is 0. The summed E-state index contributed by atoms with van der Waals surface area (Å²) < 4.78 is 15.2. The molecule has 1 atom stereocenters. The Morgan fingerprint density at radius 2 is 1.65 bits per heavy atom. The number of allylic oxidation sites excluding steroid dienone is 2. The maximum Gasteiger partial charge on any atom is 0.334 e. The molecule has 1 unspecified atom stereocenters. The molecule has 0 N–H and O–H groups in total. The minimum Gasteiger partial charge on any atom is -0.459 e. The molecule has 0 aromatic heterocycles. The molecule has 5 nitrogen and oxygen atoms in total. The summed E-state index contributed by atoms with van der Waals surface area (Å²) in [6.07, 6.45) is 3.14. The fourth-order valence-corrected chi connectivity index (χ4v) is 1.67. The van der Waals surface area contributed by atoms with E-state index in [-0.39, 0.29) is 19.3 Å². The van der Waals surface area contributed by atoms with Crippen molar-refractivity contribution in [3.63, 3.8) is 0 Å². The van der Waals surface area contributed by atoms with E-state index < -0.39 is 11.9 Å². The smallest absolute Gasteiger partial charge is 0.334 e. The van der Waals surface area contributed by atoms with Crippen molar-refractivity contribution in [2.45, 2.75) is 26.6 Å². The molecule has 0 saturated carbocycles. The first-order chi connectivity index (χ1) is 11.1. The van der Waals surface area contributed by atoms with Crippen LogP contribution < -0.4 is 0 Å². The number of hydrogen-bond acceptors (Lipinski definition) is 5. The Balaban J connectivity index is 1.80. The molecule has 1 aromatic rings. The van der Waals surface area contributed by atoms with Gasteiger partial charge in [0.05, 0.1) is 6.61 Å². The monoisotopic (exact) mass is 316 g/mol. The first kappa shape index (κ1) is 17.0. The molecule has 2 rings (SSSR count). The highest BCUT2D eigenvalue weighted by Gasteiger charge is 2.24. The van der Waals surface area contributed by atoms with Crippen LogP contribution in [0.2, 0.25) is 0 Å². The Morgan fingerprint density at radius 3 is 2.22 bits per heavy atom. The number of rotatable bonds is 7. The van der Waals surface area contributed by atoms with Crippen molar-refractivity contribution in [2.24, 2.45) is 0 Å². The highest BCUT2D eigenvalue weighted by atomic mass is 16.6. The number of esters is 2. The summed E-state index contributed by atoms with van der Waals surface area (Å²) in [6, 6.07) is 9.44. The van der Waals surface area contributed by atoms with Crippen molar-refractivity contribution >= 4 is 11.9 Å². The molecule has 1 heterocycles. The topological polar surface area (TPSA) is 65.1 Å². The molecule has 0 radical (unpaired) electrons. The van der Waals surface area contributed by atoms with Crippen molar-refractivity contribution in [2.75, 3.05) is 13.2 Å². The summed E-state index contributed by atoms with van der Waals surface area (Å²) >= 11 is 0. The average Bonchev–Trinajstić information content (AvgIpc) is 3.40. The van der Waals surface area contributed by atoms with Crippen LogP contribution in [0.15, 0.2) is 53.6 Å². The molecule has 1 aliphatic heterocycles. The van der Waals surface area contributed by atoms with Gasteiger partial charge in [0.1, 0.15) is 19.3 Å². The highest BCUT2D eigenvalue weighted by Crippen LogP contribution is 2.10. The average molecular weight is 316 g/mol. The standard InChI is InChI=1S/C18H20O5/c1-13(17(19)22-10-15-6-4-3-5-7-15)8-9-14(2)18(20)23-12-16-11-21-16/h3-9,16H,10-12H2,1-2H3/b13-8+,14-9+. The summed E-state index contributed by atoms with van der Waals surface area (Å²) in [6.45, 7) is 4.40. The zero-order chi connectivity index (χ0) is 16.7. The van der Waals surface area contributed by atoms with Gasteiger partial charge in [-0.1, -0.05) is 42.5 Å². The van der Waals surface area contributed by atoms with E-state index in [0.29, 0.717) is 17.8 Å². The minimum absolute atomic E-state index is 0.0389. The summed E-state index contributed by atoms with van der Waals surface area (Å²) in [5.74, 6) is -0.833. The van der Waals surface area contributed by atoms with Gasteiger partial charge < -0.3 is 14.2 Å².